The summed E-state index contributed by atoms with van der Waals surface area (Å²) in [5, 5.41) is 8.27. The maximum atomic E-state index is 5.03. The third kappa shape index (κ3) is 2.56. The van der Waals surface area contributed by atoms with Crippen LogP contribution in [-0.2, 0) is 11.3 Å². The summed E-state index contributed by atoms with van der Waals surface area (Å²) in [6.45, 7) is 2.88. The molecule has 2 rings (SSSR count). The number of rotatable bonds is 3. The van der Waals surface area contributed by atoms with E-state index in [9.17, 15) is 0 Å². The Morgan fingerprint density at radius 2 is 2.40 bits per heavy atom. The van der Waals surface area contributed by atoms with Crippen LogP contribution in [0.2, 0.25) is 0 Å². The van der Waals surface area contributed by atoms with Gasteiger partial charge in [-0.05, 0) is 18.8 Å². The molecule has 0 saturated heterocycles. The predicted octanol–water partition coefficient (Wildman–Crippen LogP) is 2.18. The number of hydrogen-bond donors (Lipinski definition) is 0. The Labute approximate surface area is 90.6 Å². The van der Waals surface area contributed by atoms with Crippen molar-refractivity contribution in [3.05, 3.63) is 11.9 Å². The largest absolute Gasteiger partial charge is 0.378 e. The molecule has 1 fully saturated rings. The van der Waals surface area contributed by atoms with Crippen LogP contribution in [0.3, 0.4) is 0 Å². The zero-order chi connectivity index (χ0) is 10.7. The molecule has 0 spiro atoms. The molecule has 0 amide bonds. The van der Waals surface area contributed by atoms with Gasteiger partial charge in [0.1, 0.15) is 5.69 Å². The zero-order valence-corrected chi connectivity index (χ0v) is 9.52. The van der Waals surface area contributed by atoms with Crippen molar-refractivity contribution < 1.29 is 4.74 Å². The quantitative estimate of drug-likeness (QED) is 0.766. The molecule has 0 N–H and O–H groups in total. The van der Waals surface area contributed by atoms with Crippen LogP contribution < -0.4 is 0 Å². The molecule has 0 bridgehead atoms. The number of nitrogens with zero attached hydrogens (tertiary/aromatic N) is 3. The molecule has 1 aliphatic rings. The van der Waals surface area contributed by atoms with Crippen LogP contribution in [0, 0.1) is 5.92 Å². The number of aromatic nitrogens is 3. The van der Waals surface area contributed by atoms with Crippen molar-refractivity contribution in [2.45, 2.75) is 45.3 Å². The minimum atomic E-state index is 0.548. The van der Waals surface area contributed by atoms with Crippen molar-refractivity contribution in [1.82, 2.24) is 15.0 Å². The lowest BCUT2D eigenvalue weighted by Gasteiger charge is -2.26. The Bertz CT molecular complexity index is 311. The topological polar surface area (TPSA) is 39.9 Å². The lowest BCUT2D eigenvalue weighted by molar-refractivity contribution is 0.181. The molecule has 0 radical (unpaired) electrons. The van der Waals surface area contributed by atoms with Gasteiger partial charge in [0, 0.05) is 7.11 Å². The summed E-state index contributed by atoms with van der Waals surface area (Å²) in [6, 6.07) is 0.548. The van der Waals surface area contributed by atoms with Crippen LogP contribution in [0.25, 0.3) is 0 Å². The Kier molecular flexibility index (Phi) is 3.36. The molecule has 4 nitrogen and oxygen atoms in total. The van der Waals surface area contributed by atoms with Crippen LogP contribution in [0.4, 0.5) is 0 Å². The summed E-state index contributed by atoms with van der Waals surface area (Å²) in [7, 11) is 1.68. The maximum Gasteiger partial charge on any atom is 0.108 e. The summed E-state index contributed by atoms with van der Waals surface area (Å²) in [5.41, 5.74) is 0.927. The van der Waals surface area contributed by atoms with E-state index in [1.54, 1.807) is 7.11 Å². The normalized spacial score (nSPS) is 26.8. The lowest BCUT2D eigenvalue weighted by Crippen LogP contribution is -2.18. The molecule has 2 atom stereocenters. The van der Waals surface area contributed by atoms with E-state index in [-0.39, 0.29) is 0 Å². The highest BCUT2D eigenvalue weighted by atomic mass is 16.5. The van der Waals surface area contributed by atoms with Crippen molar-refractivity contribution in [2.24, 2.45) is 5.92 Å². The van der Waals surface area contributed by atoms with Crippen LogP contribution >= 0.6 is 0 Å². The van der Waals surface area contributed by atoms with E-state index in [0.29, 0.717) is 12.6 Å². The molecule has 15 heavy (non-hydrogen) atoms. The van der Waals surface area contributed by atoms with Gasteiger partial charge in [-0.25, -0.2) is 4.68 Å². The molecule has 2 unspecified atom stereocenters. The van der Waals surface area contributed by atoms with Crippen LogP contribution in [-0.4, -0.2) is 22.1 Å². The van der Waals surface area contributed by atoms with Gasteiger partial charge >= 0.3 is 0 Å². The first-order chi connectivity index (χ1) is 7.29. The van der Waals surface area contributed by atoms with Crippen molar-refractivity contribution in [2.75, 3.05) is 7.11 Å². The van der Waals surface area contributed by atoms with Crippen molar-refractivity contribution in [3.8, 4) is 0 Å². The molecule has 1 heterocycles. The third-order valence-electron chi connectivity index (χ3n) is 3.13. The highest BCUT2D eigenvalue weighted by molar-refractivity contribution is 4.91. The van der Waals surface area contributed by atoms with Gasteiger partial charge in [-0.1, -0.05) is 25.0 Å². The minimum Gasteiger partial charge on any atom is -0.378 e. The van der Waals surface area contributed by atoms with Gasteiger partial charge in [-0.15, -0.1) is 5.10 Å². The monoisotopic (exact) mass is 209 g/mol. The van der Waals surface area contributed by atoms with Gasteiger partial charge in [0.2, 0.25) is 0 Å². The molecule has 0 aromatic carbocycles. The number of methoxy groups -OCH3 is 1. The molecule has 1 aliphatic carbocycles. The Hall–Kier alpha value is -0.900. The van der Waals surface area contributed by atoms with Crippen molar-refractivity contribution in [3.63, 3.8) is 0 Å². The van der Waals surface area contributed by atoms with Crippen LogP contribution in [0.1, 0.15) is 44.3 Å². The lowest BCUT2D eigenvalue weighted by atomic mass is 9.87. The molecule has 0 aliphatic heterocycles. The SMILES string of the molecule is COCc1cn(C2CCCC(C)C2)nn1. The first kappa shape index (κ1) is 10.6. The van der Waals surface area contributed by atoms with E-state index in [0.717, 1.165) is 11.6 Å². The third-order valence-corrected chi connectivity index (χ3v) is 3.13. The van der Waals surface area contributed by atoms with E-state index >= 15 is 0 Å². The summed E-state index contributed by atoms with van der Waals surface area (Å²) >= 11 is 0. The van der Waals surface area contributed by atoms with Gasteiger partial charge in [-0.3, -0.25) is 0 Å². The highest BCUT2D eigenvalue weighted by Crippen LogP contribution is 2.31. The molecule has 1 aromatic heterocycles. The van der Waals surface area contributed by atoms with Gasteiger partial charge < -0.3 is 4.74 Å². The second-order valence-corrected chi connectivity index (χ2v) is 4.55. The average molecular weight is 209 g/mol. The van der Waals surface area contributed by atoms with E-state index in [1.807, 2.05) is 10.9 Å². The molecule has 84 valence electrons. The Morgan fingerprint density at radius 3 is 3.13 bits per heavy atom. The fourth-order valence-electron chi connectivity index (χ4n) is 2.35. The maximum absolute atomic E-state index is 5.03. The molecule has 4 heteroatoms. The number of ether oxygens (including phenoxy) is 1. The predicted molar refractivity (Wildman–Crippen MR) is 57.4 cm³/mol. The standard InChI is InChI=1S/C11H19N3O/c1-9-4-3-5-11(6-9)14-7-10(8-15-2)12-13-14/h7,9,11H,3-6,8H2,1-2H3. The van der Waals surface area contributed by atoms with Crippen LogP contribution in [0.15, 0.2) is 6.20 Å². The van der Waals surface area contributed by atoms with Crippen molar-refractivity contribution >= 4 is 0 Å². The fourth-order valence-corrected chi connectivity index (χ4v) is 2.35. The van der Waals surface area contributed by atoms with Crippen molar-refractivity contribution in [1.29, 1.82) is 0 Å². The summed E-state index contributed by atoms with van der Waals surface area (Å²) in [4.78, 5) is 0. The fraction of sp³-hybridized carbons (Fsp3) is 0.818. The van der Waals surface area contributed by atoms with E-state index < -0.39 is 0 Å². The van der Waals surface area contributed by atoms with E-state index in [4.69, 9.17) is 4.74 Å². The number of hydrogen-bond acceptors (Lipinski definition) is 3. The van der Waals surface area contributed by atoms with E-state index in [1.165, 1.54) is 25.7 Å². The van der Waals surface area contributed by atoms with Gasteiger partial charge in [0.05, 0.1) is 18.8 Å². The van der Waals surface area contributed by atoms with Gasteiger partial charge in [-0.2, -0.15) is 0 Å². The van der Waals surface area contributed by atoms with Gasteiger partial charge in [0.25, 0.3) is 0 Å². The second-order valence-electron chi connectivity index (χ2n) is 4.55. The van der Waals surface area contributed by atoms with Crippen LogP contribution in [0.5, 0.6) is 0 Å². The molecular formula is C11H19N3O. The summed E-state index contributed by atoms with van der Waals surface area (Å²) < 4.78 is 7.05. The van der Waals surface area contributed by atoms with Gasteiger partial charge in [0.15, 0.2) is 0 Å². The minimum absolute atomic E-state index is 0.548. The molecule has 1 aromatic rings. The summed E-state index contributed by atoms with van der Waals surface area (Å²) in [6.07, 6.45) is 7.16. The highest BCUT2D eigenvalue weighted by Gasteiger charge is 2.21. The first-order valence-electron chi connectivity index (χ1n) is 5.69. The van der Waals surface area contributed by atoms with E-state index in [2.05, 4.69) is 17.2 Å². The summed E-state index contributed by atoms with van der Waals surface area (Å²) in [5.74, 6) is 0.818. The Morgan fingerprint density at radius 1 is 1.53 bits per heavy atom. The molecular weight excluding hydrogens is 190 g/mol. The first-order valence-corrected chi connectivity index (χ1v) is 5.69. The average Bonchev–Trinajstić information content (AvgIpc) is 2.67. The Balaban J connectivity index is 2.01. The zero-order valence-electron chi connectivity index (χ0n) is 9.52. The smallest absolute Gasteiger partial charge is 0.108 e. The molecule has 1 saturated carbocycles. The second kappa shape index (κ2) is 4.75.